The molecular formula is C16H23NO4. The maximum atomic E-state index is 12.2. The van der Waals surface area contributed by atoms with Gasteiger partial charge in [-0.2, -0.15) is 0 Å². The van der Waals surface area contributed by atoms with E-state index in [0.29, 0.717) is 25.5 Å². The summed E-state index contributed by atoms with van der Waals surface area (Å²) in [6.07, 6.45) is 6.77. The Morgan fingerprint density at radius 1 is 1.33 bits per heavy atom. The van der Waals surface area contributed by atoms with Gasteiger partial charge >= 0.3 is 5.97 Å². The molecule has 0 radical (unpaired) electrons. The van der Waals surface area contributed by atoms with Gasteiger partial charge in [-0.15, -0.1) is 0 Å². The molecule has 1 rings (SSSR count). The van der Waals surface area contributed by atoms with Crippen molar-refractivity contribution in [1.29, 1.82) is 0 Å². The average molecular weight is 293 g/mol. The normalized spacial score (nSPS) is 10.8. The van der Waals surface area contributed by atoms with E-state index in [2.05, 4.69) is 6.92 Å². The van der Waals surface area contributed by atoms with Crippen LogP contribution in [0.5, 0.6) is 0 Å². The number of hydrogen-bond donors (Lipinski definition) is 0. The Morgan fingerprint density at radius 2 is 2.14 bits per heavy atom. The first-order chi connectivity index (χ1) is 10.2. The Balaban J connectivity index is 2.54. The van der Waals surface area contributed by atoms with E-state index in [0.717, 1.165) is 12.8 Å². The second-order valence-electron chi connectivity index (χ2n) is 4.58. The number of rotatable bonds is 9. The maximum Gasteiger partial charge on any atom is 0.307 e. The van der Waals surface area contributed by atoms with E-state index in [9.17, 15) is 9.59 Å². The van der Waals surface area contributed by atoms with Gasteiger partial charge in [0.05, 0.1) is 19.3 Å². The molecule has 0 N–H and O–H groups in total. The number of furan rings is 1. The van der Waals surface area contributed by atoms with Gasteiger partial charge in [0, 0.05) is 19.2 Å². The van der Waals surface area contributed by atoms with Crippen molar-refractivity contribution >= 4 is 18.0 Å². The minimum Gasteiger partial charge on any atom is -0.466 e. The third-order valence-electron chi connectivity index (χ3n) is 2.92. The number of hydrogen-bond acceptors (Lipinski definition) is 4. The van der Waals surface area contributed by atoms with E-state index in [4.69, 9.17) is 9.15 Å². The van der Waals surface area contributed by atoms with Crippen molar-refractivity contribution in [2.75, 3.05) is 19.7 Å². The number of nitrogens with zero attached hydrogens (tertiary/aromatic N) is 1. The lowest BCUT2D eigenvalue weighted by atomic mass is 10.2. The molecule has 0 aromatic carbocycles. The highest BCUT2D eigenvalue weighted by atomic mass is 16.5. The highest BCUT2D eigenvalue weighted by molar-refractivity contribution is 5.91. The molecule has 0 unspecified atom stereocenters. The van der Waals surface area contributed by atoms with E-state index in [1.807, 2.05) is 0 Å². The van der Waals surface area contributed by atoms with Crippen molar-refractivity contribution in [1.82, 2.24) is 4.90 Å². The summed E-state index contributed by atoms with van der Waals surface area (Å²) in [5.74, 6) is 0.232. The second kappa shape index (κ2) is 9.80. The highest BCUT2D eigenvalue weighted by Gasteiger charge is 2.12. The number of amides is 1. The van der Waals surface area contributed by atoms with Crippen molar-refractivity contribution < 1.29 is 18.7 Å². The molecule has 116 valence electrons. The third kappa shape index (κ3) is 6.79. The zero-order valence-corrected chi connectivity index (χ0v) is 12.7. The molecule has 0 spiro atoms. The Hall–Kier alpha value is -2.04. The largest absolute Gasteiger partial charge is 0.466 e. The van der Waals surface area contributed by atoms with Crippen LogP contribution >= 0.6 is 0 Å². The van der Waals surface area contributed by atoms with E-state index in [1.165, 1.54) is 6.08 Å². The lowest BCUT2D eigenvalue weighted by Gasteiger charge is -2.20. The van der Waals surface area contributed by atoms with Crippen LogP contribution in [-0.4, -0.2) is 36.5 Å². The number of unbranched alkanes of at least 4 members (excludes halogenated alkanes) is 1. The summed E-state index contributed by atoms with van der Waals surface area (Å²) in [4.78, 5) is 25.2. The molecule has 21 heavy (non-hydrogen) atoms. The van der Waals surface area contributed by atoms with Crippen molar-refractivity contribution in [2.24, 2.45) is 0 Å². The van der Waals surface area contributed by atoms with Crippen LogP contribution in [0.4, 0.5) is 0 Å². The molecule has 0 saturated heterocycles. The standard InChI is InChI=1S/C16H23NO4/c1-3-5-11-17(12-10-16(19)20-4-2)15(18)9-8-14-7-6-13-21-14/h6-9,13H,3-5,10-12H2,1-2H3/b9-8+. The summed E-state index contributed by atoms with van der Waals surface area (Å²) in [6, 6.07) is 3.54. The SMILES string of the molecule is CCCCN(CCC(=O)OCC)C(=O)/C=C/c1ccco1. The smallest absolute Gasteiger partial charge is 0.307 e. The summed E-state index contributed by atoms with van der Waals surface area (Å²) in [5.41, 5.74) is 0. The molecule has 0 atom stereocenters. The quantitative estimate of drug-likeness (QED) is 0.519. The average Bonchev–Trinajstić information content (AvgIpc) is 2.98. The molecule has 0 aliphatic carbocycles. The lowest BCUT2D eigenvalue weighted by Crippen LogP contribution is -2.32. The summed E-state index contributed by atoms with van der Waals surface area (Å²) >= 11 is 0. The van der Waals surface area contributed by atoms with Crippen LogP contribution in [-0.2, 0) is 14.3 Å². The molecule has 5 nitrogen and oxygen atoms in total. The Morgan fingerprint density at radius 3 is 2.76 bits per heavy atom. The number of ether oxygens (including phenoxy) is 1. The fourth-order valence-electron chi connectivity index (χ4n) is 1.79. The van der Waals surface area contributed by atoms with Gasteiger partial charge in [-0.3, -0.25) is 9.59 Å². The maximum absolute atomic E-state index is 12.2. The minimum absolute atomic E-state index is 0.121. The summed E-state index contributed by atoms with van der Waals surface area (Å²) in [6.45, 7) is 5.20. The van der Waals surface area contributed by atoms with Crippen LogP contribution in [0.3, 0.4) is 0 Å². The van der Waals surface area contributed by atoms with E-state index in [-0.39, 0.29) is 18.3 Å². The van der Waals surface area contributed by atoms with Crippen LogP contribution in [0.2, 0.25) is 0 Å². The van der Waals surface area contributed by atoms with Gasteiger partial charge in [0.15, 0.2) is 0 Å². The van der Waals surface area contributed by atoms with Crippen LogP contribution < -0.4 is 0 Å². The first kappa shape index (κ1) is 17.0. The van der Waals surface area contributed by atoms with Gasteiger partial charge in [-0.05, 0) is 31.6 Å². The van der Waals surface area contributed by atoms with Crippen molar-refractivity contribution in [3.63, 3.8) is 0 Å². The number of carbonyl (C=O) groups excluding carboxylic acids is 2. The zero-order valence-electron chi connectivity index (χ0n) is 12.7. The fourth-order valence-corrected chi connectivity index (χ4v) is 1.79. The first-order valence-corrected chi connectivity index (χ1v) is 7.33. The molecule has 0 fully saturated rings. The van der Waals surface area contributed by atoms with Crippen molar-refractivity contribution in [3.05, 3.63) is 30.2 Å². The minimum atomic E-state index is -0.276. The Bertz CT molecular complexity index is 451. The summed E-state index contributed by atoms with van der Waals surface area (Å²) < 4.78 is 10.0. The van der Waals surface area contributed by atoms with Crippen LogP contribution in [0.15, 0.2) is 28.9 Å². The van der Waals surface area contributed by atoms with Crippen molar-refractivity contribution in [2.45, 2.75) is 33.1 Å². The highest BCUT2D eigenvalue weighted by Crippen LogP contribution is 2.05. The molecule has 1 aromatic rings. The van der Waals surface area contributed by atoms with Gasteiger partial charge in [0.2, 0.25) is 5.91 Å². The Labute approximate surface area is 125 Å². The topological polar surface area (TPSA) is 59.8 Å². The first-order valence-electron chi connectivity index (χ1n) is 7.33. The van der Waals surface area contributed by atoms with Crippen LogP contribution in [0.25, 0.3) is 6.08 Å². The molecule has 0 aliphatic rings. The monoisotopic (exact) mass is 293 g/mol. The van der Waals surface area contributed by atoms with Gasteiger partial charge in [0.25, 0.3) is 0 Å². The fraction of sp³-hybridized carbons (Fsp3) is 0.500. The molecule has 0 bridgehead atoms. The molecule has 0 saturated carbocycles. The number of esters is 1. The molecular weight excluding hydrogens is 270 g/mol. The zero-order chi connectivity index (χ0) is 15.5. The van der Waals surface area contributed by atoms with E-state index < -0.39 is 0 Å². The number of carbonyl (C=O) groups is 2. The summed E-state index contributed by atoms with van der Waals surface area (Å²) in [7, 11) is 0. The summed E-state index contributed by atoms with van der Waals surface area (Å²) in [5, 5.41) is 0. The van der Waals surface area contributed by atoms with Gasteiger partial charge < -0.3 is 14.1 Å². The van der Waals surface area contributed by atoms with Crippen LogP contribution in [0, 0.1) is 0 Å². The molecule has 0 aliphatic heterocycles. The van der Waals surface area contributed by atoms with E-state index in [1.54, 1.807) is 36.3 Å². The predicted octanol–water partition coefficient (Wildman–Crippen LogP) is 2.87. The molecule has 1 aromatic heterocycles. The Kier molecular flexibility index (Phi) is 7.94. The van der Waals surface area contributed by atoms with Gasteiger partial charge in [-0.1, -0.05) is 13.3 Å². The predicted molar refractivity (Wildman–Crippen MR) is 80.5 cm³/mol. The van der Waals surface area contributed by atoms with Gasteiger partial charge in [-0.25, -0.2) is 0 Å². The second-order valence-corrected chi connectivity index (χ2v) is 4.58. The van der Waals surface area contributed by atoms with Crippen molar-refractivity contribution in [3.8, 4) is 0 Å². The van der Waals surface area contributed by atoms with E-state index >= 15 is 0 Å². The lowest BCUT2D eigenvalue weighted by molar-refractivity contribution is -0.143. The molecule has 1 heterocycles. The van der Waals surface area contributed by atoms with Gasteiger partial charge in [0.1, 0.15) is 5.76 Å². The molecule has 1 amide bonds. The third-order valence-corrected chi connectivity index (χ3v) is 2.92. The van der Waals surface area contributed by atoms with Crippen LogP contribution in [0.1, 0.15) is 38.9 Å². The molecule has 5 heteroatoms.